The van der Waals surface area contributed by atoms with Crippen LogP contribution in [0.2, 0.25) is 0 Å². The van der Waals surface area contributed by atoms with Gasteiger partial charge in [-0.05, 0) is 50.1 Å². The molecule has 2 aromatic heterocycles. The molecule has 1 N–H and O–H groups in total. The monoisotopic (exact) mass is 399 g/mol. The number of esters is 1. The van der Waals surface area contributed by atoms with E-state index in [1.807, 2.05) is 20.8 Å². The maximum Gasteiger partial charge on any atom is 0.339 e. The van der Waals surface area contributed by atoms with Crippen LogP contribution in [0.5, 0.6) is 0 Å². The third-order valence-electron chi connectivity index (χ3n) is 4.70. The van der Waals surface area contributed by atoms with Gasteiger partial charge in [-0.25, -0.2) is 14.2 Å². The van der Waals surface area contributed by atoms with E-state index < -0.39 is 12.6 Å². The lowest BCUT2D eigenvalue weighted by Crippen LogP contribution is -2.38. The molecule has 8 heteroatoms. The minimum atomic E-state index is -0.695. The number of hydrogen-bond acceptors (Lipinski definition) is 6. The predicted molar refractivity (Wildman–Crippen MR) is 105 cm³/mol. The molecule has 2 heterocycles. The smallest absolute Gasteiger partial charge is 0.339 e. The molecule has 3 aromatic rings. The summed E-state index contributed by atoms with van der Waals surface area (Å²) in [6.07, 6.45) is 0. The van der Waals surface area contributed by atoms with Crippen LogP contribution >= 0.6 is 0 Å². The first-order chi connectivity index (χ1) is 13.8. The number of hydrogen-bond donors (Lipinski definition) is 1. The summed E-state index contributed by atoms with van der Waals surface area (Å²) in [5.41, 5.74) is 1.81. The van der Waals surface area contributed by atoms with Gasteiger partial charge in [0.1, 0.15) is 5.82 Å². The number of ether oxygens (including phenoxy) is 1. The van der Waals surface area contributed by atoms with Gasteiger partial charge in [0.25, 0.3) is 11.6 Å². The molecule has 3 rings (SSSR count). The van der Waals surface area contributed by atoms with E-state index in [1.165, 1.54) is 18.2 Å². The Morgan fingerprint density at radius 1 is 1.21 bits per heavy atom. The number of amides is 1. The molecule has 1 unspecified atom stereocenters. The van der Waals surface area contributed by atoms with Crippen molar-refractivity contribution in [3.05, 3.63) is 47.4 Å². The minimum Gasteiger partial charge on any atom is -0.452 e. The summed E-state index contributed by atoms with van der Waals surface area (Å²) in [6.45, 7) is 7.12. The highest BCUT2D eigenvalue weighted by Gasteiger charge is 2.21. The van der Waals surface area contributed by atoms with Crippen molar-refractivity contribution in [2.24, 2.45) is 5.92 Å². The molecule has 0 aliphatic carbocycles. The van der Waals surface area contributed by atoms with Crippen molar-refractivity contribution in [2.75, 3.05) is 6.61 Å². The first-order valence-electron chi connectivity index (χ1n) is 9.25. The number of nitrogens with zero attached hydrogens (tertiary/aromatic N) is 2. The van der Waals surface area contributed by atoms with Crippen LogP contribution in [0.4, 0.5) is 4.39 Å². The maximum atomic E-state index is 13.2. The molecule has 0 radical (unpaired) electrons. The normalized spacial score (nSPS) is 12.2. The van der Waals surface area contributed by atoms with E-state index >= 15 is 0 Å². The number of halogens is 1. The zero-order chi connectivity index (χ0) is 21.1. The van der Waals surface area contributed by atoms with Gasteiger partial charge in [0, 0.05) is 11.6 Å². The van der Waals surface area contributed by atoms with Gasteiger partial charge >= 0.3 is 5.97 Å². The second-order valence-electron chi connectivity index (χ2n) is 7.19. The largest absolute Gasteiger partial charge is 0.452 e. The molecular formula is C21H22FN3O4. The molecule has 1 aromatic carbocycles. The second-order valence-corrected chi connectivity index (χ2v) is 7.19. The number of pyridine rings is 1. The van der Waals surface area contributed by atoms with Gasteiger partial charge in [0.15, 0.2) is 6.61 Å². The van der Waals surface area contributed by atoms with Crippen LogP contribution in [-0.4, -0.2) is 34.7 Å². The summed E-state index contributed by atoms with van der Waals surface area (Å²) in [6, 6.07) is 7.16. The highest BCUT2D eigenvalue weighted by molar-refractivity contribution is 6.04. The lowest BCUT2D eigenvalue weighted by atomic mass is 10.1. The molecule has 0 fully saturated rings. The summed E-state index contributed by atoms with van der Waals surface area (Å²) in [7, 11) is 0. The van der Waals surface area contributed by atoms with Gasteiger partial charge in [-0.3, -0.25) is 4.79 Å². The lowest BCUT2D eigenvalue weighted by Gasteiger charge is -2.17. The molecule has 0 saturated carbocycles. The molecule has 1 atom stereocenters. The van der Waals surface area contributed by atoms with Crippen LogP contribution < -0.4 is 5.32 Å². The molecule has 152 valence electrons. The Morgan fingerprint density at radius 3 is 2.55 bits per heavy atom. The zero-order valence-electron chi connectivity index (χ0n) is 16.7. The Morgan fingerprint density at radius 2 is 1.90 bits per heavy atom. The number of rotatable bonds is 6. The summed E-state index contributed by atoms with van der Waals surface area (Å²) in [5.74, 6) is -1.20. The molecular weight excluding hydrogens is 377 g/mol. The fourth-order valence-corrected chi connectivity index (χ4v) is 2.70. The Balaban J connectivity index is 1.87. The van der Waals surface area contributed by atoms with Gasteiger partial charge < -0.3 is 14.6 Å². The highest BCUT2D eigenvalue weighted by Crippen LogP contribution is 2.27. The molecule has 29 heavy (non-hydrogen) atoms. The standard InChI is InChI=1S/C21H22FN3O4/c1-11(2)12(3)23-18(26)10-28-21(27)16-9-17(14-5-7-15(22)8-6-14)24-20-19(16)13(4)25-29-20/h5-9,11-12H,10H2,1-4H3,(H,23,26). The van der Waals surface area contributed by atoms with E-state index in [-0.39, 0.29) is 35.0 Å². The first kappa shape index (κ1) is 20.4. The third kappa shape index (κ3) is 4.59. The van der Waals surface area contributed by atoms with Gasteiger partial charge in [0.2, 0.25) is 0 Å². The molecule has 0 aliphatic rings. The van der Waals surface area contributed by atoms with Crippen LogP contribution in [0, 0.1) is 18.7 Å². The average molecular weight is 399 g/mol. The molecule has 7 nitrogen and oxygen atoms in total. The molecule has 0 bridgehead atoms. The van der Waals surface area contributed by atoms with Crippen molar-refractivity contribution in [2.45, 2.75) is 33.7 Å². The van der Waals surface area contributed by atoms with Crippen LogP contribution in [0.25, 0.3) is 22.4 Å². The van der Waals surface area contributed by atoms with Crippen molar-refractivity contribution in [1.29, 1.82) is 0 Å². The number of carbonyl (C=O) groups excluding carboxylic acids is 2. The number of carbonyl (C=O) groups is 2. The SMILES string of the molecule is Cc1noc2nc(-c3ccc(F)cc3)cc(C(=O)OCC(=O)NC(C)C(C)C)c12. The van der Waals surface area contributed by atoms with E-state index in [4.69, 9.17) is 9.26 Å². The number of aromatic nitrogens is 2. The summed E-state index contributed by atoms with van der Waals surface area (Å²) in [5, 5.41) is 7.05. The minimum absolute atomic E-state index is 0.0424. The Kier molecular flexibility index (Phi) is 5.91. The highest BCUT2D eigenvalue weighted by atomic mass is 19.1. The van der Waals surface area contributed by atoms with Gasteiger partial charge in [0.05, 0.1) is 22.3 Å². The van der Waals surface area contributed by atoms with Gasteiger partial charge in [-0.1, -0.05) is 19.0 Å². The second kappa shape index (κ2) is 8.38. The fourth-order valence-electron chi connectivity index (χ4n) is 2.70. The van der Waals surface area contributed by atoms with E-state index in [0.717, 1.165) is 0 Å². The fraction of sp³-hybridized carbons (Fsp3) is 0.333. The van der Waals surface area contributed by atoms with Gasteiger partial charge in [-0.2, -0.15) is 0 Å². The number of benzene rings is 1. The van der Waals surface area contributed by atoms with E-state index in [2.05, 4.69) is 15.5 Å². The van der Waals surface area contributed by atoms with Gasteiger partial charge in [-0.15, -0.1) is 0 Å². The van der Waals surface area contributed by atoms with Crippen molar-refractivity contribution in [3.8, 4) is 11.3 Å². The molecule has 0 spiro atoms. The molecule has 0 aliphatic heterocycles. The van der Waals surface area contributed by atoms with Crippen LogP contribution in [0.1, 0.15) is 36.8 Å². The summed E-state index contributed by atoms with van der Waals surface area (Å²) < 4.78 is 23.6. The molecule has 1 amide bonds. The number of nitrogens with one attached hydrogen (secondary N) is 1. The Bertz CT molecular complexity index is 1040. The number of aryl methyl sites for hydroxylation is 1. The maximum absolute atomic E-state index is 13.2. The summed E-state index contributed by atoms with van der Waals surface area (Å²) >= 11 is 0. The van der Waals surface area contributed by atoms with Crippen molar-refractivity contribution >= 4 is 23.0 Å². The van der Waals surface area contributed by atoms with Crippen molar-refractivity contribution in [3.63, 3.8) is 0 Å². The lowest BCUT2D eigenvalue weighted by molar-refractivity contribution is -0.125. The zero-order valence-corrected chi connectivity index (χ0v) is 16.7. The van der Waals surface area contributed by atoms with E-state index in [0.29, 0.717) is 22.3 Å². The average Bonchev–Trinajstić information content (AvgIpc) is 3.06. The topological polar surface area (TPSA) is 94.3 Å². The van der Waals surface area contributed by atoms with Crippen LogP contribution in [-0.2, 0) is 9.53 Å². The van der Waals surface area contributed by atoms with E-state index in [1.54, 1.807) is 19.1 Å². The first-order valence-corrected chi connectivity index (χ1v) is 9.25. The molecule has 0 saturated heterocycles. The van der Waals surface area contributed by atoms with Crippen molar-refractivity contribution < 1.29 is 23.2 Å². The summed E-state index contributed by atoms with van der Waals surface area (Å²) in [4.78, 5) is 29.1. The van der Waals surface area contributed by atoms with Crippen LogP contribution in [0.15, 0.2) is 34.9 Å². The Labute approximate surface area is 167 Å². The Hall–Kier alpha value is -3.29. The van der Waals surface area contributed by atoms with E-state index in [9.17, 15) is 14.0 Å². The quantitative estimate of drug-likeness (QED) is 0.636. The van der Waals surface area contributed by atoms with Crippen LogP contribution in [0.3, 0.4) is 0 Å². The predicted octanol–water partition coefficient (Wildman–Crippen LogP) is 3.65. The number of fused-ring (bicyclic) bond motifs is 1. The van der Waals surface area contributed by atoms with Crippen molar-refractivity contribution in [1.82, 2.24) is 15.5 Å². The third-order valence-corrected chi connectivity index (χ3v) is 4.70.